The van der Waals surface area contributed by atoms with Crippen molar-refractivity contribution in [3.05, 3.63) is 95.2 Å². The second-order valence-corrected chi connectivity index (χ2v) is 10.2. The number of carboxylic acids is 1. The zero-order valence-corrected chi connectivity index (χ0v) is 22.1. The molecule has 0 radical (unpaired) electrons. The third kappa shape index (κ3) is 6.42. The summed E-state index contributed by atoms with van der Waals surface area (Å²) in [5.74, 6) is -0.453. The number of halogens is 3. The number of hydrogen-bond donors (Lipinski definition) is 2. The summed E-state index contributed by atoms with van der Waals surface area (Å²) in [6.07, 6.45) is -3.21. The molecule has 1 amide bonds. The van der Waals surface area contributed by atoms with E-state index >= 15 is 0 Å². The summed E-state index contributed by atoms with van der Waals surface area (Å²) in [5.41, 5.74) is 3.79. The lowest BCUT2D eigenvalue weighted by atomic mass is 9.91. The van der Waals surface area contributed by atoms with Gasteiger partial charge in [-0.15, -0.1) is 0 Å². The third-order valence-electron chi connectivity index (χ3n) is 7.29. The zero-order chi connectivity index (χ0) is 29.2. The molecule has 7 nitrogen and oxygen atoms in total. The molecule has 0 bridgehead atoms. The first kappa shape index (κ1) is 27.9. The fourth-order valence-corrected chi connectivity index (χ4v) is 4.86. The molecule has 0 unspecified atom stereocenters. The lowest BCUT2D eigenvalue weighted by molar-refractivity contribution is -0.138. The first-order chi connectivity index (χ1) is 19.5. The van der Waals surface area contributed by atoms with Crippen LogP contribution in [0, 0.1) is 6.92 Å². The van der Waals surface area contributed by atoms with Crippen LogP contribution in [0.15, 0.2) is 77.3 Å². The van der Waals surface area contributed by atoms with Gasteiger partial charge < -0.3 is 14.4 Å². The molecule has 1 heterocycles. The van der Waals surface area contributed by atoms with Crippen LogP contribution in [0.2, 0.25) is 0 Å². The monoisotopic (exact) mass is 564 g/mol. The molecule has 4 aromatic rings. The average Bonchev–Trinajstić information content (AvgIpc) is 3.63. The number of aliphatic carboxylic acids is 1. The van der Waals surface area contributed by atoms with Crippen LogP contribution in [0.5, 0.6) is 0 Å². The molecule has 41 heavy (non-hydrogen) atoms. The number of ether oxygens (including phenoxy) is 1. The maximum absolute atomic E-state index is 12.9. The van der Waals surface area contributed by atoms with Gasteiger partial charge in [0.1, 0.15) is 11.4 Å². The number of aryl methyl sites for hydroxylation is 1. The highest BCUT2D eigenvalue weighted by molar-refractivity contribution is 5.91. The number of rotatable bonds is 9. The summed E-state index contributed by atoms with van der Waals surface area (Å²) in [4.78, 5) is 23.7. The number of alkyl halides is 3. The minimum atomic E-state index is -4.44. The van der Waals surface area contributed by atoms with Gasteiger partial charge >= 0.3 is 18.2 Å². The Hall–Kier alpha value is -4.60. The van der Waals surface area contributed by atoms with E-state index in [1.165, 1.54) is 6.07 Å². The highest BCUT2D eigenvalue weighted by Gasteiger charge is 2.45. The summed E-state index contributed by atoms with van der Waals surface area (Å²) in [6, 6.07) is 20.3. The Morgan fingerprint density at radius 3 is 2.24 bits per heavy atom. The number of hydrogen-bond acceptors (Lipinski definition) is 5. The summed E-state index contributed by atoms with van der Waals surface area (Å²) >= 11 is 0. The van der Waals surface area contributed by atoms with Gasteiger partial charge in [-0.05, 0) is 48.1 Å². The first-order valence-corrected chi connectivity index (χ1v) is 13.0. The van der Waals surface area contributed by atoms with Crippen molar-refractivity contribution in [1.82, 2.24) is 5.16 Å². The third-order valence-corrected chi connectivity index (χ3v) is 7.29. The number of carbonyl (C=O) groups is 2. The lowest BCUT2D eigenvalue weighted by Crippen LogP contribution is -2.16. The van der Waals surface area contributed by atoms with Crippen molar-refractivity contribution in [2.45, 2.75) is 44.2 Å². The number of aromatic nitrogens is 1. The van der Waals surface area contributed by atoms with Gasteiger partial charge in [-0.2, -0.15) is 13.2 Å². The molecule has 0 spiro atoms. The molecular formula is C31H27F3N2O5. The number of benzene rings is 3. The van der Waals surface area contributed by atoms with E-state index in [1.54, 1.807) is 13.0 Å². The van der Waals surface area contributed by atoms with E-state index in [1.807, 2.05) is 48.5 Å². The number of nitrogens with zero attached hydrogens (tertiary/aromatic N) is 1. The molecule has 2 N–H and O–H groups in total. The molecule has 3 aromatic carbocycles. The normalized spacial score (nSPS) is 14.0. The minimum Gasteiger partial charge on any atom is -0.481 e. The van der Waals surface area contributed by atoms with E-state index in [4.69, 9.17) is 9.26 Å². The largest absolute Gasteiger partial charge is 0.481 e. The summed E-state index contributed by atoms with van der Waals surface area (Å²) in [6.45, 7) is 1.55. The van der Waals surface area contributed by atoms with Crippen LogP contribution in [0.25, 0.3) is 22.5 Å². The van der Waals surface area contributed by atoms with Crippen LogP contribution in [-0.4, -0.2) is 28.9 Å². The second kappa shape index (κ2) is 11.1. The molecule has 5 rings (SSSR count). The van der Waals surface area contributed by atoms with Crippen molar-refractivity contribution < 1.29 is 37.1 Å². The van der Waals surface area contributed by atoms with E-state index in [9.17, 15) is 27.9 Å². The number of carbonyl (C=O) groups excluding carboxylic acids is 1. The Kier molecular flexibility index (Phi) is 7.57. The smallest absolute Gasteiger partial charge is 0.416 e. The van der Waals surface area contributed by atoms with Crippen molar-refractivity contribution in [2.75, 3.05) is 11.9 Å². The van der Waals surface area contributed by atoms with Crippen molar-refractivity contribution in [3.8, 4) is 22.5 Å². The van der Waals surface area contributed by atoms with Crippen molar-refractivity contribution >= 4 is 17.7 Å². The average molecular weight is 565 g/mol. The second-order valence-electron chi connectivity index (χ2n) is 10.2. The van der Waals surface area contributed by atoms with Crippen molar-refractivity contribution in [1.29, 1.82) is 0 Å². The zero-order valence-electron chi connectivity index (χ0n) is 22.1. The Balaban J connectivity index is 1.21. The molecule has 0 aliphatic heterocycles. The minimum absolute atomic E-state index is 0.113. The predicted octanol–water partition coefficient (Wildman–Crippen LogP) is 7.63. The van der Waals surface area contributed by atoms with Crippen LogP contribution in [0.3, 0.4) is 0 Å². The molecule has 0 atom stereocenters. The number of anilines is 1. The van der Waals surface area contributed by atoms with Crippen LogP contribution in [0.1, 0.15) is 41.6 Å². The summed E-state index contributed by atoms with van der Waals surface area (Å²) in [5, 5.41) is 15.8. The molecule has 10 heteroatoms. The van der Waals surface area contributed by atoms with Crippen molar-refractivity contribution in [3.63, 3.8) is 0 Å². The Morgan fingerprint density at radius 1 is 1.00 bits per heavy atom. The fourth-order valence-electron chi connectivity index (χ4n) is 4.86. The molecule has 1 saturated carbocycles. The lowest BCUT2D eigenvalue weighted by Gasteiger charge is -2.14. The van der Waals surface area contributed by atoms with Gasteiger partial charge in [-0.3, -0.25) is 10.1 Å². The highest BCUT2D eigenvalue weighted by atomic mass is 19.4. The van der Waals surface area contributed by atoms with Crippen LogP contribution >= 0.6 is 0 Å². The maximum atomic E-state index is 12.9. The van der Waals surface area contributed by atoms with E-state index in [0.29, 0.717) is 28.3 Å². The number of amides is 1. The Labute approximate surface area is 233 Å². The molecule has 1 fully saturated rings. The SMILES string of the molecule is Cc1noc(-c2ccc(-c3ccc(C4(CC(=O)O)CC4)cc3)cc2)c1NC(=O)OCCc1cccc(C(F)(F)F)c1. The maximum Gasteiger partial charge on any atom is 0.416 e. The number of nitrogens with one attached hydrogen (secondary N) is 1. The van der Waals surface area contributed by atoms with Gasteiger partial charge in [0.2, 0.25) is 0 Å². The Bertz CT molecular complexity index is 1560. The summed E-state index contributed by atoms with van der Waals surface area (Å²) < 4.78 is 49.4. The molecule has 1 aliphatic rings. The molecule has 1 aromatic heterocycles. The Morgan fingerprint density at radius 2 is 1.63 bits per heavy atom. The van der Waals surface area contributed by atoms with E-state index in [-0.39, 0.29) is 24.9 Å². The predicted molar refractivity (Wildman–Crippen MR) is 145 cm³/mol. The molecule has 1 aliphatic carbocycles. The van der Waals surface area contributed by atoms with Crippen LogP contribution in [0.4, 0.5) is 23.7 Å². The van der Waals surface area contributed by atoms with Gasteiger partial charge in [0.15, 0.2) is 5.76 Å². The number of carboxylic acid groups (broad SMARTS) is 1. The van der Waals surface area contributed by atoms with Gasteiger partial charge in [0, 0.05) is 17.4 Å². The van der Waals surface area contributed by atoms with Gasteiger partial charge in [-0.1, -0.05) is 71.9 Å². The standard InChI is InChI=1S/C31H27F3N2O5/c1-19-27(35-29(39)40-16-13-20-3-2-4-25(17-20)31(32,33)34)28(41-36-19)23-7-5-21(6-8-23)22-9-11-24(12-10-22)30(14-15-30)18-26(37)38/h2-12,17H,13-16,18H2,1H3,(H,35,39)(H,37,38). The van der Waals surface area contributed by atoms with Crippen LogP contribution in [-0.2, 0) is 27.5 Å². The molecule has 0 saturated heterocycles. The van der Waals surface area contributed by atoms with E-state index in [0.717, 1.165) is 41.7 Å². The summed E-state index contributed by atoms with van der Waals surface area (Å²) in [7, 11) is 0. The molecule has 212 valence electrons. The molecular weight excluding hydrogens is 537 g/mol. The van der Waals surface area contributed by atoms with Gasteiger partial charge in [0.05, 0.1) is 18.6 Å². The van der Waals surface area contributed by atoms with Crippen LogP contribution < -0.4 is 5.32 Å². The van der Waals surface area contributed by atoms with Gasteiger partial charge in [0.25, 0.3) is 0 Å². The topological polar surface area (TPSA) is 102 Å². The fraction of sp³-hybridized carbons (Fsp3) is 0.258. The van der Waals surface area contributed by atoms with Gasteiger partial charge in [-0.25, -0.2) is 4.79 Å². The first-order valence-electron chi connectivity index (χ1n) is 13.0. The van der Waals surface area contributed by atoms with E-state index < -0.39 is 23.8 Å². The quantitative estimate of drug-likeness (QED) is 0.217. The van der Waals surface area contributed by atoms with E-state index in [2.05, 4.69) is 10.5 Å². The highest BCUT2D eigenvalue weighted by Crippen LogP contribution is 2.51. The van der Waals surface area contributed by atoms with Crippen molar-refractivity contribution in [2.24, 2.45) is 0 Å².